The van der Waals surface area contributed by atoms with E-state index in [0.29, 0.717) is 0 Å². The van der Waals surface area contributed by atoms with E-state index in [1.165, 1.54) is 42.3 Å². The third-order valence-corrected chi connectivity index (χ3v) is 14.8. The summed E-state index contributed by atoms with van der Waals surface area (Å²) in [6.07, 6.45) is 1.90. The van der Waals surface area contributed by atoms with Crippen molar-refractivity contribution < 1.29 is 0 Å². The normalized spacial score (nSPS) is 11.4. The third kappa shape index (κ3) is 5.51. The second kappa shape index (κ2) is 13.2. The van der Waals surface area contributed by atoms with Gasteiger partial charge in [-0.15, -0.1) is 0 Å². The van der Waals surface area contributed by atoms with Crippen molar-refractivity contribution in [2.24, 2.45) is 0 Å². The zero-order valence-electron chi connectivity index (χ0n) is 27.0. The van der Waals surface area contributed by atoms with Gasteiger partial charge >= 0.3 is 0 Å². The average molecular weight is 709 g/mol. The summed E-state index contributed by atoms with van der Waals surface area (Å²) in [4.78, 5) is 2.43. The monoisotopic (exact) mass is 707 g/mol. The van der Waals surface area contributed by atoms with Crippen molar-refractivity contribution >= 4 is 89.4 Å². The first kappa shape index (κ1) is 30.8. The molecule has 234 valence electrons. The number of hydrogen-bond donors (Lipinski definition) is 0. The van der Waals surface area contributed by atoms with Gasteiger partial charge < -0.3 is 4.90 Å². The molecular formula is C46H34BrNSi. The van der Waals surface area contributed by atoms with Crippen LogP contribution in [-0.2, 0) is 0 Å². The average Bonchev–Trinajstić information content (AvgIpc) is 3.17. The molecule has 8 aromatic carbocycles. The number of fused-ring (bicyclic) bond motifs is 3. The summed E-state index contributed by atoms with van der Waals surface area (Å²) in [5.74, 6) is 0. The molecule has 0 N–H and O–H groups in total. The molecule has 0 amide bonds. The van der Waals surface area contributed by atoms with Crippen LogP contribution in [0.2, 0.25) is 0 Å². The molecule has 0 spiro atoms. The molecule has 0 unspecified atom stereocenters. The number of anilines is 3. The predicted molar refractivity (Wildman–Crippen MR) is 218 cm³/mol. The quantitative estimate of drug-likeness (QED) is 0.0863. The minimum absolute atomic E-state index is 1.04. The van der Waals surface area contributed by atoms with E-state index in [1.807, 2.05) is 6.08 Å². The van der Waals surface area contributed by atoms with Gasteiger partial charge in [-0.2, -0.15) is 0 Å². The van der Waals surface area contributed by atoms with E-state index in [-0.39, 0.29) is 0 Å². The van der Waals surface area contributed by atoms with Crippen LogP contribution in [0.25, 0.3) is 27.6 Å². The minimum atomic E-state index is -2.79. The Hall–Kier alpha value is -5.48. The van der Waals surface area contributed by atoms with Gasteiger partial charge in [0.15, 0.2) is 8.07 Å². The standard InChI is InChI=1S/C46H34BrNSi/c1-2-34-26-28-37(29-27-34)48(46-30-35-16-12-13-23-43(35)44-24-14-15-25-45(44)46)38-31-36(47)32-42(33-38)49(39-17-6-3-7-18-39,40-19-8-4-9-20-40)41-21-10-5-11-22-41/h2-33H,1H2. The molecule has 1 nitrogen and oxygen atoms in total. The Bertz CT molecular complexity index is 2310. The maximum absolute atomic E-state index is 4.03. The van der Waals surface area contributed by atoms with Crippen LogP contribution in [0.5, 0.6) is 0 Å². The first-order valence-corrected chi connectivity index (χ1v) is 19.4. The van der Waals surface area contributed by atoms with Crippen LogP contribution in [0.3, 0.4) is 0 Å². The van der Waals surface area contributed by atoms with E-state index in [4.69, 9.17) is 0 Å². The Morgan fingerprint density at radius 2 is 0.959 bits per heavy atom. The van der Waals surface area contributed by atoms with Crippen molar-refractivity contribution in [3.63, 3.8) is 0 Å². The summed E-state index contributed by atoms with van der Waals surface area (Å²) in [5, 5.41) is 10.2. The number of nitrogens with zero attached hydrogens (tertiary/aromatic N) is 1. The number of rotatable bonds is 8. The lowest BCUT2D eigenvalue weighted by atomic mass is 9.99. The summed E-state index contributed by atoms with van der Waals surface area (Å²) >= 11 is 4.03. The highest BCUT2D eigenvalue weighted by Crippen LogP contribution is 2.42. The molecule has 0 aromatic heterocycles. The third-order valence-electron chi connectivity index (χ3n) is 9.57. The first-order chi connectivity index (χ1) is 24.2. The van der Waals surface area contributed by atoms with Crippen molar-refractivity contribution in [3.8, 4) is 0 Å². The highest BCUT2D eigenvalue weighted by Gasteiger charge is 2.42. The summed E-state index contributed by atoms with van der Waals surface area (Å²) in [5.41, 5.74) is 4.40. The summed E-state index contributed by atoms with van der Waals surface area (Å²) in [6, 6.07) is 68.9. The molecular weight excluding hydrogens is 675 g/mol. The van der Waals surface area contributed by atoms with Gasteiger partial charge in [-0.1, -0.05) is 180 Å². The fourth-order valence-corrected chi connectivity index (χ4v) is 12.9. The molecule has 0 aliphatic rings. The molecule has 8 aromatic rings. The SMILES string of the molecule is C=Cc1ccc(N(c2cc(Br)cc([Si](c3ccccc3)(c3ccccc3)c3ccccc3)c2)c2cc3ccccc3c3ccccc23)cc1. The van der Waals surface area contributed by atoms with Crippen LogP contribution in [0, 0.1) is 0 Å². The Morgan fingerprint density at radius 3 is 1.53 bits per heavy atom. The highest BCUT2D eigenvalue weighted by molar-refractivity contribution is 9.10. The van der Waals surface area contributed by atoms with E-state index >= 15 is 0 Å². The van der Waals surface area contributed by atoms with Gasteiger partial charge in [-0.3, -0.25) is 0 Å². The Labute approximate surface area is 297 Å². The Kier molecular flexibility index (Phi) is 8.30. The molecule has 0 bridgehead atoms. The van der Waals surface area contributed by atoms with Crippen LogP contribution in [0.4, 0.5) is 17.1 Å². The van der Waals surface area contributed by atoms with Gasteiger partial charge in [-0.05, 0) is 78.9 Å². The highest BCUT2D eigenvalue weighted by atomic mass is 79.9. The second-order valence-corrected chi connectivity index (χ2v) is 17.1. The fraction of sp³-hybridized carbons (Fsp3) is 0. The van der Waals surface area contributed by atoms with E-state index in [0.717, 1.165) is 27.1 Å². The van der Waals surface area contributed by atoms with Crippen LogP contribution >= 0.6 is 15.9 Å². The largest absolute Gasteiger partial charge is 0.310 e. The molecule has 0 heterocycles. The molecule has 0 radical (unpaired) electrons. The molecule has 0 aliphatic heterocycles. The molecule has 0 aliphatic carbocycles. The smallest absolute Gasteiger partial charge is 0.179 e. The molecule has 8 rings (SSSR count). The minimum Gasteiger partial charge on any atom is -0.310 e. The molecule has 0 fully saturated rings. The van der Waals surface area contributed by atoms with Crippen molar-refractivity contribution in [1.82, 2.24) is 0 Å². The topological polar surface area (TPSA) is 3.24 Å². The van der Waals surface area contributed by atoms with Crippen molar-refractivity contribution in [1.29, 1.82) is 0 Å². The van der Waals surface area contributed by atoms with Crippen LogP contribution in [0.15, 0.2) is 199 Å². The van der Waals surface area contributed by atoms with Gasteiger partial charge in [0.2, 0.25) is 0 Å². The first-order valence-electron chi connectivity index (χ1n) is 16.6. The van der Waals surface area contributed by atoms with E-state index in [9.17, 15) is 0 Å². The summed E-state index contributed by atoms with van der Waals surface area (Å²) in [7, 11) is -2.79. The maximum Gasteiger partial charge on any atom is 0.179 e. The van der Waals surface area contributed by atoms with Gasteiger partial charge in [-0.25, -0.2) is 0 Å². The van der Waals surface area contributed by atoms with E-state index in [1.54, 1.807) is 0 Å². The Balaban J connectivity index is 1.47. The van der Waals surface area contributed by atoms with E-state index < -0.39 is 8.07 Å². The molecule has 0 atom stereocenters. The number of hydrogen-bond acceptors (Lipinski definition) is 1. The van der Waals surface area contributed by atoms with Crippen LogP contribution in [-0.4, -0.2) is 8.07 Å². The van der Waals surface area contributed by atoms with E-state index in [2.05, 4.69) is 215 Å². The second-order valence-electron chi connectivity index (χ2n) is 12.3. The Morgan fingerprint density at radius 1 is 0.449 bits per heavy atom. The molecule has 0 saturated heterocycles. The summed E-state index contributed by atoms with van der Waals surface area (Å²) in [6.45, 7) is 4.02. The van der Waals surface area contributed by atoms with Crippen LogP contribution < -0.4 is 25.6 Å². The summed E-state index contributed by atoms with van der Waals surface area (Å²) < 4.78 is 1.04. The fourth-order valence-electron chi connectivity index (χ4n) is 7.39. The van der Waals surface area contributed by atoms with Gasteiger partial charge in [0, 0.05) is 21.2 Å². The molecule has 3 heteroatoms. The lowest BCUT2D eigenvalue weighted by molar-refractivity contribution is 1.30. The van der Waals surface area contributed by atoms with Gasteiger partial charge in [0.25, 0.3) is 0 Å². The zero-order chi connectivity index (χ0) is 33.2. The zero-order valence-corrected chi connectivity index (χ0v) is 29.6. The lowest BCUT2D eigenvalue weighted by Gasteiger charge is -2.36. The van der Waals surface area contributed by atoms with Gasteiger partial charge in [0.05, 0.1) is 5.69 Å². The molecule has 49 heavy (non-hydrogen) atoms. The lowest BCUT2D eigenvalue weighted by Crippen LogP contribution is -2.74. The molecule has 0 saturated carbocycles. The van der Waals surface area contributed by atoms with Crippen molar-refractivity contribution in [3.05, 3.63) is 205 Å². The van der Waals surface area contributed by atoms with Crippen LogP contribution in [0.1, 0.15) is 5.56 Å². The number of halogens is 1. The van der Waals surface area contributed by atoms with Crippen molar-refractivity contribution in [2.45, 2.75) is 0 Å². The maximum atomic E-state index is 4.03. The number of benzene rings is 8. The predicted octanol–water partition coefficient (Wildman–Crippen LogP) is 10.2. The van der Waals surface area contributed by atoms with Gasteiger partial charge in [0.1, 0.15) is 0 Å². The van der Waals surface area contributed by atoms with Crippen molar-refractivity contribution in [2.75, 3.05) is 4.90 Å².